The van der Waals surface area contributed by atoms with E-state index >= 15 is 0 Å². The maximum Gasteiger partial charge on any atom is 0.332 e. The molecule has 0 aliphatic heterocycles. The third-order valence-corrected chi connectivity index (χ3v) is 4.08. The van der Waals surface area contributed by atoms with Crippen LogP contribution in [0.15, 0.2) is 33.9 Å². The number of imidazole rings is 1. The van der Waals surface area contributed by atoms with E-state index in [1.54, 1.807) is 4.57 Å². The smallest absolute Gasteiger partial charge is 0.332 e. The number of nitrogens with one attached hydrogen (secondary N) is 1. The number of fused-ring (bicyclic) bond motifs is 1. The molecular weight excluding hydrogens is 304 g/mol. The van der Waals surface area contributed by atoms with Gasteiger partial charge in [-0.25, -0.2) is 9.78 Å². The van der Waals surface area contributed by atoms with Crippen molar-refractivity contribution in [1.29, 1.82) is 0 Å². The van der Waals surface area contributed by atoms with Crippen LogP contribution in [0, 0.1) is 6.92 Å². The molecule has 2 heterocycles. The number of aromatic nitrogens is 4. The van der Waals surface area contributed by atoms with Crippen LogP contribution in [0.2, 0.25) is 0 Å². The van der Waals surface area contributed by atoms with Gasteiger partial charge in [-0.1, -0.05) is 43.7 Å². The van der Waals surface area contributed by atoms with Gasteiger partial charge in [-0.3, -0.25) is 13.9 Å². The first-order chi connectivity index (χ1) is 11.6. The van der Waals surface area contributed by atoms with Gasteiger partial charge in [-0.15, -0.1) is 0 Å². The van der Waals surface area contributed by atoms with Gasteiger partial charge < -0.3 is 4.98 Å². The summed E-state index contributed by atoms with van der Waals surface area (Å²) < 4.78 is 2.90. The molecule has 0 saturated carbocycles. The Balaban J connectivity index is 2.29. The van der Waals surface area contributed by atoms with Crippen LogP contribution in [0.25, 0.3) is 22.6 Å². The molecule has 6 heteroatoms. The van der Waals surface area contributed by atoms with Crippen LogP contribution in [-0.4, -0.2) is 19.1 Å². The zero-order valence-corrected chi connectivity index (χ0v) is 14.3. The standard InChI is InChI=1S/C18H22N4O2/c1-4-10-21-16-14(17(23)22(11-5-2)18(21)24)19-15(20-16)13-8-6-12(3)7-9-13/h6-9H,4-5,10-11H2,1-3H3,(H,19,20). The Kier molecular flexibility index (Phi) is 4.38. The summed E-state index contributed by atoms with van der Waals surface area (Å²) in [7, 11) is 0. The second-order valence-electron chi connectivity index (χ2n) is 6.04. The molecule has 0 radical (unpaired) electrons. The van der Waals surface area contributed by atoms with Crippen LogP contribution in [0.1, 0.15) is 32.3 Å². The number of hydrogen-bond acceptors (Lipinski definition) is 3. The minimum absolute atomic E-state index is 0.279. The van der Waals surface area contributed by atoms with Crippen molar-refractivity contribution in [3.63, 3.8) is 0 Å². The summed E-state index contributed by atoms with van der Waals surface area (Å²) in [5.41, 5.74) is 2.31. The van der Waals surface area contributed by atoms with E-state index in [1.165, 1.54) is 4.57 Å². The highest BCUT2D eigenvalue weighted by Gasteiger charge is 2.17. The third kappa shape index (κ3) is 2.68. The minimum Gasteiger partial charge on any atom is -0.332 e. The summed E-state index contributed by atoms with van der Waals surface area (Å²) in [6.45, 7) is 6.92. The number of H-pyrrole nitrogens is 1. The molecule has 0 fully saturated rings. The van der Waals surface area contributed by atoms with E-state index in [2.05, 4.69) is 9.97 Å². The van der Waals surface area contributed by atoms with E-state index in [4.69, 9.17) is 0 Å². The average molecular weight is 326 g/mol. The van der Waals surface area contributed by atoms with Gasteiger partial charge in [-0.2, -0.15) is 0 Å². The van der Waals surface area contributed by atoms with Gasteiger partial charge in [0.1, 0.15) is 11.3 Å². The molecule has 6 nitrogen and oxygen atoms in total. The van der Waals surface area contributed by atoms with Crippen molar-refractivity contribution in [2.75, 3.05) is 0 Å². The molecule has 24 heavy (non-hydrogen) atoms. The van der Waals surface area contributed by atoms with Crippen molar-refractivity contribution >= 4 is 11.2 Å². The Bertz CT molecular complexity index is 977. The lowest BCUT2D eigenvalue weighted by Crippen LogP contribution is -2.40. The minimum atomic E-state index is -0.296. The lowest BCUT2D eigenvalue weighted by molar-refractivity contribution is 0.555. The molecule has 0 spiro atoms. The monoisotopic (exact) mass is 326 g/mol. The predicted molar refractivity (Wildman–Crippen MR) is 95.4 cm³/mol. The van der Waals surface area contributed by atoms with Crippen molar-refractivity contribution in [1.82, 2.24) is 19.1 Å². The molecular formula is C18H22N4O2. The summed E-state index contributed by atoms with van der Waals surface area (Å²) in [5.74, 6) is 0.612. The van der Waals surface area contributed by atoms with Gasteiger partial charge in [0.25, 0.3) is 5.56 Å². The highest BCUT2D eigenvalue weighted by molar-refractivity contribution is 5.75. The largest absolute Gasteiger partial charge is 0.332 e. The molecule has 0 unspecified atom stereocenters. The van der Waals surface area contributed by atoms with Crippen molar-refractivity contribution in [2.24, 2.45) is 0 Å². The molecule has 0 amide bonds. The first-order valence-corrected chi connectivity index (χ1v) is 8.37. The molecule has 1 N–H and O–H groups in total. The lowest BCUT2D eigenvalue weighted by Gasteiger charge is -2.09. The second-order valence-corrected chi connectivity index (χ2v) is 6.04. The fourth-order valence-electron chi connectivity index (χ4n) is 2.86. The van der Waals surface area contributed by atoms with Crippen LogP contribution in [0.3, 0.4) is 0 Å². The highest BCUT2D eigenvalue weighted by atomic mass is 16.2. The summed E-state index contributed by atoms with van der Waals surface area (Å²) in [6.07, 6.45) is 1.53. The van der Waals surface area contributed by atoms with Gasteiger partial charge in [-0.05, 0) is 19.8 Å². The van der Waals surface area contributed by atoms with E-state index in [0.29, 0.717) is 30.1 Å². The van der Waals surface area contributed by atoms with Crippen molar-refractivity contribution in [3.05, 3.63) is 50.7 Å². The van der Waals surface area contributed by atoms with Crippen molar-refractivity contribution in [3.8, 4) is 11.4 Å². The molecule has 3 rings (SSSR count). The molecule has 0 aliphatic rings. The van der Waals surface area contributed by atoms with Crippen LogP contribution in [-0.2, 0) is 13.1 Å². The Labute approximate surface area is 139 Å². The Morgan fingerprint density at radius 2 is 1.62 bits per heavy atom. The molecule has 2 aromatic heterocycles. The quantitative estimate of drug-likeness (QED) is 0.783. The van der Waals surface area contributed by atoms with Crippen LogP contribution in [0.5, 0.6) is 0 Å². The molecule has 1 aromatic carbocycles. The zero-order valence-electron chi connectivity index (χ0n) is 14.3. The van der Waals surface area contributed by atoms with Gasteiger partial charge in [0.2, 0.25) is 0 Å². The highest BCUT2D eigenvalue weighted by Crippen LogP contribution is 2.19. The number of nitrogens with zero attached hydrogens (tertiary/aromatic N) is 3. The van der Waals surface area contributed by atoms with Gasteiger partial charge in [0, 0.05) is 18.7 Å². The fourth-order valence-corrected chi connectivity index (χ4v) is 2.86. The van der Waals surface area contributed by atoms with E-state index in [0.717, 1.165) is 24.0 Å². The number of hydrogen-bond donors (Lipinski definition) is 1. The Hall–Kier alpha value is -2.63. The molecule has 0 atom stereocenters. The first-order valence-electron chi connectivity index (χ1n) is 8.37. The van der Waals surface area contributed by atoms with E-state index < -0.39 is 0 Å². The fraction of sp³-hybridized carbons (Fsp3) is 0.389. The predicted octanol–water partition coefficient (Wildman–Crippen LogP) is 2.68. The van der Waals surface area contributed by atoms with Crippen molar-refractivity contribution < 1.29 is 0 Å². The number of aromatic amines is 1. The molecule has 0 saturated heterocycles. The summed E-state index contributed by atoms with van der Waals surface area (Å²) in [6, 6.07) is 7.91. The maximum absolute atomic E-state index is 12.7. The van der Waals surface area contributed by atoms with Crippen molar-refractivity contribution in [2.45, 2.75) is 46.7 Å². The summed E-state index contributed by atoms with van der Waals surface area (Å²) in [4.78, 5) is 33.0. The Morgan fingerprint density at radius 3 is 2.25 bits per heavy atom. The summed E-state index contributed by atoms with van der Waals surface area (Å²) in [5, 5.41) is 0. The lowest BCUT2D eigenvalue weighted by atomic mass is 10.1. The van der Waals surface area contributed by atoms with Crippen LogP contribution < -0.4 is 11.2 Å². The molecule has 0 aliphatic carbocycles. The summed E-state index contributed by atoms with van der Waals surface area (Å²) >= 11 is 0. The SMILES string of the molecule is CCCn1c(=O)c2[nH]c(-c3ccc(C)cc3)nc2n(CCC)c1=O. The number of benzene rings is 1. The second kappa shape index (κ2) is 6.47. The average Bonchev–Trinajstić information content (AvgIpc) is 3.01. The van der Waals surface area contributed by atoms with E-state index in [9.17, 15) is 9.59 Å². The van der Waals surface area contributed by atoms with E-state index in [-0.39, 0.29) is 11.2 Å². The molecule has 126 valence electrons. The number of aryl methyl sites for hydroxylation is 2. The molecule has 0 bridgehead atoms. The number of rotatable bonds is 5. The Morgan fingerprint density at radius 1 is 1.00 bits per heavy atom. The third-order valence-electron chi connectivity index (χ3n) is 4.08. The first kappa shape index (κ1) is 16.2. The topological polar surface area (TPSA) is 72.7 Å². The van der Waals surface area contributed by atoms with Gasteiger partial charge >= 0.3 is 5.69 Å². The van der Waals surface area contributed by atoms with E-state index in [1.807, 2.05) is 45.0 Å². The molecule has 3 aromatic rings. The normalized spacial score (nSPS) is 11.3. The maximum atomic E-state index is 12.7. The van der Waals surface area contributed by atoms with Gasteiger partial charge in [0.15, 0.2) is 5.65 Å². The zero-order chi connectivity index (χ0) is 17.3. The van der Waals surface area contributed by atoms with Crippen LogP contribution >= 0.6 is 0 Å². The van der Waals surface area contributed by atoms with Crippen LogP contribution in [0.4, 0.5) is 0 Å². The van der Waals surface area contributed by atoms with Gasteiger partial charge in [0.05, 0.1) is 0 Å².